The molecule has 126 valence electrons. The molecule has 0 amide bonds. The summed E-state index contributed by atoms with van der Waals surface area (Å²) in [5.74, 6) is 0.627. The molecule has 2 atom stereocenters. The zero-order valence-corrected chi connectivity index (χ0v) is 13.7. The lowest BCUT2D eigenvalue weighted by molar-refractivity contribution is -0.0685. The summed E-state index contributed by atoms with van der Waals surface area (Å²) in [7, 11) is 1.83. The Hall–Kier alpha value is -2.89. The molecule has 5 heteroatoms. The molecular weight excluding hydrogens is 316 g/mol. The summed E-state index contributed by atoms with van der Waals surface area (Å²) in [4.78, 5) is 4.60. The van der Waals surface area contributed by atoms with Crippen LogP contribution in [0.15, 0.2) is 77.4 Å². The van der Waals surface area contributed by atoms with Crippen molar-refractivity contribution in [3.05, 3.63) is 90.1 Å². The second-order valence-corrected chi connectivity index (χ2v) is 6.03. The van der Waals surface area contributed by atoms with E-state index in [9.17, 15) is 10.2 Å². The lowest BCUT2D eigenvalue weighted by Gasteiger charge is -2.32. The topological polar surface area (TPSA) is 71.4 Å². The number of fused-ring (bicyclic) bond motifs is 1. The standard InChI is InChI=1S/C20H18N2O3/c1-22-16-11-6-5-10-15(16)21-19(22)20(24,14-8-3-2-4-9-14)18(23)17-12-7-13-25-17/h2-13,18,23-24H,1H3/t18-,20-/m0/s1. The fraction of sp³-hybridized carbons (Fsp3) is 0.150. The maximum absolute atomic E-state index is 11.7. The third-order valence-electron chi connectivity index (χ3n) is 4.55. The number of aliphatic hydroxyl groups is 2. The fourth-order valence-electron chi connectivity index (χ4n) is 3.24. The number of furan rings is 1. The highest BCUT2D eigenvalue weighted by Crippen LogP contribution is 2.41. The number of hydrogen-bond donors (Lipinski definition) is 2. The van der Waals surface area contributed by atoms with Gasteiger partial charge in [0.25, 0.3) is 0 Å². The van der Waals surface area contributed by atoms with Gasteiger partial charge in [0.2, 0.25) is 0 Å². The Kier molecular flexibility index (Phi) is 3.67. The van der Waals surface area contributed by atoms with Crippen molar-refractivity contribution >= 4 is 11.0 Å². The summed E-state index contributed by atoms with van der Waals surface area (Å²) in [5, 5.41) is 22.7. The third kappa shape index (κ3) is 2.36. The maximum atomic E-state index is 11.7. The zero-order chi connectivity index (χ0) is 17.4. The number of nitrogens with zero attached hydrogens (tertiary/aromatic N) is 2. The molecule has 0 saturated carbocycles. The minimum atomic E-state index is -1.76. The van der Waals surface area contributed by atoms with E-state index in [0.717, 1.165) is 11.0 Å². The summed E-state index contributed by atoms with van der Waals surface area (Å²) in [5.41, 5.74) is 0.407. The van der Waals surface area contributed by atoms with Crippen LogP contribution in [0.1, 0.15) is 23.3 Å². The Morgan fingerprint density at radius 3 is 2.40 bits per heavy atom. The first-order valence-electron chi connectivity index (χ1n) is 8.03. The van der Waals surface area contributed by atoms with Gasteiger partial charge in [-0.1, -0.05) is 42.5 Å². The molecule has 0 radical (unpaired) electrons. The molecule has 4 aromatic rings. The number of aromatic nitrogens is 2. The molecule has 2 aromatic carbocycles. The predicted molar refractivity (Wildman–Crippen MR) is 93.8 cm³/mol. The Balaban J connectivity index is 1.98. The molecule has 2 N–H and O–H groups in total. The van der Waals surface area contributed by atoms with Gasteiger partial charge in [0.1, 0.15) is 11.6 Å². The van der Waals surface area contributed by atoms with Crippen molar-refractivity contribution in [2.75, 3.05) is 0 Å². The van der Waals surface area contributed by atoms with E-state index in [1.807, 2.05) is 49.5 Å². The normalized spacial score (nSPS) is 15.2. The first kappa shape index (κ1) is 15.6. The number of hydrogen-bond acceptors (Lipinski definition) is 4. The van der Waals surface area contributed by atoms with Crippen LogP contribution in [0.5, 0.6) is 0 Å². The first-order valence-corrected chi connectivity index (χ1v) is 8.03. The van der Waals surface area contributed by atoms with E-state index in [1.54, 1.807) is 28.8 Å². The molecular formula is C20H18N2O3. The number of benzene rings is 2. The van der Waals surface area contributed by atoms with Gasteiger partial charge < -0.3 is 19.2 Å². The Morgan fingerprint density at radius 1 is 1.00 bits per heavy atom. The van der Waals surface area contributed by atoms with Crippen LogP contribution in [0, 0.1) is 0 Å². The highest BCUT2D eigenvalue weighted by molar-refractivity contribution is 5.76. The number of para-hydroxylation sites is 2. The van der Waals surface area contributed by atoms with E-state index in [1.165, 1.54) is 6.26 Å². The van der Waals surface area contributed by atoms with Gasteiger partial charge in [0.15, 0.2) is 11.7 Å². The lowest BCUT2D eigenvalue weighted by Crippen LogP contribution is -2.37. The van der Waals surface area contributed by atoms with Crippen molar-refractivity contribution < 1.29 is 14.6 Å². The van der Waals surface area contributed by atoms with E-state index < -0.39 is 11.7 Å². The Bertz CT molecular complexity index is 992. The highest BCUT2D eigenvalue weighted by atomic mass is 16.4. The molecule has 0 aliphatic heterocycles. The predicted octanol–water partition coefficient (Wildman–Crippen LogP) is 3.14. The van der Waals surface area contributed by atoms with Gasteiger partial charge in [-0.05, 0) is 29.8 Å². The molecule has 0 unspecified atom stereocenters. The van der Waals surface area contributed by atoms with Gasteiger partial charge in [-0.15, -0.1) is 0 Å². The molecule has 0 aliphatic rings. The van der Waals surface area contributed by atoms with E-state index >= 15 is 0 Å². The van der Waals surface area contributed by atoms with Crippen LogP contribution in [-0.4, -0.2) is 19.8 Å². The van der Waals surface area contributed by atoms with Gasteiger partial charge >= 0.3 is 0 Å². The highest BCUT2D eigenvalue weighted by Gasteiger charge is 2.45. The minimum Gasteiger partial charge on any atom is -0.466 e. The van der Waals surface area contributed by atoms with Gasteiger partial charge in [0.05, 0.1) is 17.3 Å². The number of imidazole rings is 1. The van der Waals surface area contributed by atoms with Crippen LogP contribution < -0.4 is 0 Å². The molecule has 0 fully saturated rings. The van der Waals surface area contributed by atoms with E-state index in [-0.39, 0.29) is 5.76 Å². The van der Waals surface area contributed by atoms with Crippen LogP contribution in [-0.2, 0) is 12.6 Å². The van der Waals surface area contributed by atoms with E-state index in [4.69, 9.17) is 4.42 Å². The third-order valence-corrected chi connectivity index (χ3v) is 4.55. The van der Waals surface area contributed by atoms with Crippen LogP contribution in [0.2, 0.25) is 0 Å². The summed E-state index contributed by atoms with van der Waals surface area (Å²) in [6, 6.07) is 20.0. The smallest absolute Gasteiger partial charge is 0.180 e. The molecule has 0 bridgehead atoms. The largest absolute Gasteiger partial charge is 0.466 e. The number of rotatable bonds is 4. The van der Waals surface area contributed by atoms with Crippen molar-refractivity contribution in [3.63, 3.8) is 0 Å². The van der Waals surface area contributed by atoms with Gasteiger partial charge in [-0.2, -0.15) is 0 Å². The first-order chi connectivity index (χ1) is 12.1. The van der Waals surface area contributed by atoms with E-state index in [2.05, 4.69) is 4.98 Å². The molecule has 0 aliphatic carbocycles. The lowest BCUT2D eigenvalue weighted by atomic mass is 9.86. The molecule has 4 rings (SSSR count). The van der Waals surface area contributed by atoms with Gasteiger partial charge in [-0.25, -0.2) is 4.98 Å². The summed E-state index contributed by atoms with van der Waals surface area (Å²) >= 11 is 0. The second kappa shape index (κ2) is 5.88. The van der Waals surface area contributed by atoms with E-state index in [0.29, 0.717) is 11.4 Å². The summed E-state index contributed by atoms with van der Waals surface area (Å²) in [6.45, 7) is 0. The maximum Gasteiger partial charge on any atom is 0.180 e. The van der Waals surface area contributed by atoms with Crippen molar-refractivity contribution in [2.24, 2.45) is 7.05 Å². The molecule has 2 aromatic heterocycles. The quantitative estimate of drug-likeness (QED) is 0.601. The average molecular weight is 334 g/mol. The molecule has 25 heavy (non-hydrogen) atoms. The molecule has 0 spiro atoms. The molecule has 2 heterocycles. The SMILES string of the molecule is Cn1c([C@](O)(c2ccccc2)[C@@H](O)c2ccco2)nc2ccccc21. The van der Waals surface area contributed by atoms with Crippen LogP contribution in [0.25, 0.3) is 11.0 Å². The number of aliphatic hydroxyl groups excluding tert-OH is 1. The minimum absolute atomic E-state index is 0.276. The molecule has 0 saturated heterocycles. The van der Waals surface area contributed by atoms with Crippen LogP contribution >= 0.6 is 0 Å². The van der Waals surface area contributed by atoms with Crippen LogP contribution in [0.4, 0.5) is 0 Å². The van der Waals surface area contributed by atoms with Crippen molar-refractivity contribution in [1.82, 2.24) is 9.55 Å². The molecule has 5 nitrogen and oxygen atoms in total. The van der Waals surface area contributed by atoms with Crippen LogP contribution in [0.3, 0.4) is 0 Å². The Labute approximate surface area is 144 Å². The summed E-state index contributed by atoms with van der Waals surface area (Å²) < 4.78 is 7.15. The second-order valence-electron chi connectivity index (χ2n) is 6.03. The van der Waals surface area contributed by atoms with Gasteiger partial charge in [0, 0.05) is 7.05 Å². The monoisotopic (exact) mass is 334 g/mol. The fourth-order valence-corrected chi connectivity index (χ4v) is 3.24. The summed E-state index contributed by atoms with van der Waals surface area (Å²) in [6.07, 6.45) is 0.166. The van der Waals surface area contributed by atoms with Crippen molar-refractivity contribution in [1.29, 1.82) is 0 Å². The van der Waals surface area contributed by atoms with Crippen molar-refractivity contribution in [2.45, 2.75) is 11.7 Å². The average Bonchev–Trinajstić information content (AvgIpc) is 3.30. The number of aryl methyl sites for hydroxylation is 1. The zero-order valence-electron chi connectivity index (χ0n) is 13.7. The van der Waals surface area contributed by atoms with Gasteiger partial charge in [-0.3, -0.25) is 0 Å². The Morgan fingerprint density at radius 2 is 1.72 bits per heavy atom. The van der Waals surface area contributed by atoms with Crippen molar-refractivity contribution in [3.8, 4) is 0 Å².